The van der Waals surface area contributed by atoms with Crippen LogP contribution in [0.25, 0.3) is 0 Å². The van der Waals surface area contributed by atoms with Crippen LogP contribution in [0.3, 0.4) is 0 Å². The van der Waals surface area contributed by atoms with Crippen LogP contribution < -0.4 is 4.90 Å². The number of nitrogens with zero attached hydrogens (tertiary/aromatic N) is 3. The molecule has 3 nitrogen and oxygen atoms in total. The number of piperidine rings is 1. The highest BCUT2D eigenvalue weighted by Gasteiger charge is 2.32. The van der Waals surface area contributed by atoms with Crippen molar-refractivity contribution in [1.82, 2.24) is 9.88 Å². The Morgan fingerprint density at radius 2 is 1.90 bits per heavy atom. The van der Waals surface area contributed by atoms with Gasteiger partial charge in [-0.25, -0.2) is 4.98 Å². The summed E-state index contributed by atoms with van der Waals surface area (Å²) < 4.78 is 38.4. The van der Waals surface area contributed by atoms with Crippen LogP contribution in [0.2, 0.25) is 5.15 Å². The maximum absolute atomic E-state index is 12.8. The van der Waals surface area contributed by atoms with E-state index in [1.165, 1.54) is 0 Å². The molecule has 20 heavy (non-hydrogen) atoms. The van der Waals surface area contributed by atoms with Crippen molar-refractivity contribution in [1.29, 1.82) is 0 Å². The number of halogens is 4. The number of rotatable bonds is 2. The minimum atomic E-state index is -4.41. The van der Waals surface area contributed by atoms with Crippen molar-refractivity contribution in [3.63, 3.8) is 0 Å². The fraction of sp³-hybridized carbons (Fsp3) is 0.615. The van der Waals surface area contributed by atoms with Crippen molar-refractivity contribution in [3.8, 4) is 0 Å². The fourth-order valence-electron chi connectivity index (χ4n) is 2.40. The van der Waals surface area contributed by atoms with Gasteiger partial charge in [-0.1, -0.05) is 11.6 Å². The first-order chi connectivity index (χ1) is 9.27. The van der Waals surface area contributed by atoms with E-state index in [-0.39, 0.29) is 17.0 Å². The van der Waals surface area contributed by atoms with Gasteiger partial charge < -0.3 is 9.80 Å². The molecule has 1 aliphatic rings. The number of alkyl halides is 3. The first-order valence-electron chi connectivity index (χ1n) is 6.43. The van der Waals surface area contributed by atoms with Crippen molar-refractivity contribution >= 4 is 17.4 Å². The van der Waals surface area contributed by atoms with Crippen LogP contribution in [0.1, 0.15) is 18.4 Å². The average Bonchev–Trinajstić information content (AvgIpc) is 2.37. The van der Waals surface area contributed by atoms with Crippen LogP contribution >= 0.6 is 11.6 Å². The predicted octanol–water partition coefficient (Wildman–Crippen LogP) is 3.28. The molecular weight excluding hydrogens is 291 g/mol. The van der Waals surface area contributed by atoms with Crippen molar-refractivity contribution in [2.24, 2.45) is 0 Å². The van der Waals surface area contributed by atoms with Gasteiger partial charge in [0.15, 0.2) is 0 Å². The van der Waals surface area contributed by atoms with Crippen molar-refractivity contribution < 1.29 is 13.2 Å². The van der Waals surface area contributed by atoms with Gasteiger partial charge >= 0.3 is 6.18 Å². The van der Waals surface area contributed by atoms with E-state index in [0.29, 0.717) is 0 Å². The Kier molecular flexibility index (Phi) is 4.44. The van der Waals surface area contributed by atoms with Crippen LogP contribution in [0, 0.1) is 0 Å². The molecule has 112 valence electrons. The summed E-state index contributed by atoms with van der Waals surface area (Å²) in [7, 11) is 3.81. The number of hydrogen-bond donors (Lipinski definition) is 0. The van der Waals surface area contributed by atoms with Crippen LogP contribution in [0.5, 0.6) is 0 Å². The SMILES string of the molecule is CN1CCC(N(C)c2cc(C(F)(F)F)cc(Cl)n2)CC1. The summed E-state index contributed by atoms with van der Waals surface area (Å²) in [5.74, 6) is 0.277. The van der Waals surface area contributed by atoms with E-state index in [2.05, 4.69) is 9.88 Å². The number of likely N-dealkylation sites (tertiary alicyclic amines) is 1. The lowest BCUT2D eigenvalue weighted by Gasteiger charge is -2.36. The molecule has 0 aliphatic carbocycles. The van der Waals surface area contributed by atoms with Gasteiger partial charge in [0.25, 0.3) is 0 Å². The zero-order valence-corrected chi connectivity index (χ0v) is 12.2. The Morgan fingerprint density at radius 1 is 1.30 bits per heavy atom. The average molecular weight is 308 g/mol. The lowest BCUT2D eigenvalue weighted by Crippen LogP contribution is -2.42. The summed E-state index contributed by atoms with van der Waals surface area (Å²) >= 11 is 5.72. The van der Waals surface area contributed by atoms with Crippen molar-refractivity contribution in [2.75, 3.05) is 32.1 Å². The molecule has 0 saturated carbocycles. The normalized spacial score (nSPS) is 18.3. The summed E-state index contributed by atoms with van der Waals surface area (Å²) in [6, 6.07) is 2.11. The third-order valence-corrected chi connectivity index (χ3v) is 3.90. The molecule has 1 saturated heterocycles. The van der Waals surface area contributed by atoms with E-state index in [0.717, 1.165) is 38.1 Å². The van der Waals surface area contributed by atoms with E-state index in [9.17, 15) is 13.2 Å². The lowest BCUT2D eigenvalue weighted by molar-refractivity contribution is -0.137. The molecule has 2 rings (SSSR count). The molecule has 0 unspecified atom stereocenters. The molecule has 0 spiro atoms. The minimum Gasteiger partial charge on any atom is -0.357 e. The topological polar surface area (TPSA) is 19.4 Å². The molecule has 0 bridgehead atoms. The highest BCUT2D eigenvalue weighted by atomic mass is 35.5. The van der Waals surface area contributed by atoms with Gasteiger partial charge in [0.2, 0.25) is 0 Å². The smallest absolute Gasteiger partial charge is 0.357 e. The standard InChI is InChI=1S/C13H17ClF3N3/c1-19-5-3-10(4-6-19)20(2)12-8-9(13(15,16)17)7-11(14)18-12/h7-8,10H,3-6H2,1-2H3. The van der Waals surface area contributed by atoms with E-state index in [1.54, 1.807) is 11.9 Å². The summed E-state index contributed by atoms with van der Waals surface area (Å²) in [5.41, 5.74) is -0.757. The Hall–Kier alpha value is -1.01. The van der Waals surface area contributed by atoms with E-state index in [4.69, 9.17) is 11.6 Å². The Labute approximate surface area is 121 Å². The molecule has 1 fully saturated rings. The second-order valence-electron chi connectivity index (χ2n) is 5.18. The highest BCUT2D eigenvalue weighted by molar-refractivity contribution is 6.29. The predicted molar refractivity (Wildman–Crippen MR) is 73.2 cm³/mol. The van der Waals surface area contributed by atoms with E-state index >= 15 is 0 Å². The molecule has 0 aromatic carbocycles. The molecular formula is C13H17ClF3N3. The second kappa shape index (κ2) is 5.77. The van der Waals surface area contributed by atoms with Gasteiger partial charge in [0.1, 0.15) is 11.0 Å². The van der Waals surface area contributed by atoms with Crippen LogP contribution in [0.15, 0.2) is 12.1 Å². The van der Waals surface area contributed by atoms with E-state index < -0.39 is 11.7 Å². The quantitative estimate of drug-likeness (QED) is 0.782. The highest BCUT2D eigenvalue weighted by Crippen LogP contribution is 2.33. The van der Waals surface area contributed by atoms with Crippen molar-refractivity contribution in [3.05, 3.63) is 22.8 Å². The van der Waals surface area contributed by atoms with Gasteiger partial charge in [-0.05, 0) is 45.1 Å². The van der Waals surface area contributed by atoms with Crippen LogP contribution in [-0.2, 0) is 6.18 Å². The van der Waals surface area contributed by atoms with Gasteiger partial charge in [0, 0.05) is 13.1 Å². The van der Waals surface area contributed by atoms with Crippen molar-refractivity contribution in [2.45, 2.75) is 25.1 Å². The number of pyridine rings is 1. The molecule has 0 N–H and O–H groups in total. The number of anilines is 1. The summed E-state index contributed by atoms with van der Waals surface area (Å²) in [6.45, 7) is 1.86. The lowest BCUT2D eigenvalue weighted by atomic mass is 10.0. The van der Waals surface area contributed by atoms with Gasteiger partial charge in [-0.15, -0.1) is 0 Å². The summed E-state index contributed by atoms with van der Waals surface area (Å²) in [5, 5.41) is -0.130. The zero-order chi connectivity index (χ0) is 14.9. The first kappa shape index (κ1) is 15.4. The van der Waals surface area contributed by atoms with Crippen LogP contribution in [0.4, 0.5) is 19.0 Å². The molecule has 1 aromatic heterocycles. The molecule has 7 heteroatoms. The molecule has 1 aromatic rings. The second-order valence-corrected chi connectivity index (χ2v) is 5.57. The number of hydrogen-bond acceptors (Lipinski definition) is 3. The monoisotopic (exact) mass is 307 g/mol. The van der Waals surface area contributed by atoms with Crippen LogP contribution in [-0.4, -0.2) is 43.1 Å². The molecule has 2 heterocycles. The van der Waals surface area contributed by atoms with E-state index in [1.807, 2.05) is 7.05 Å². The van der Waals surface area contributed by atoms with Gasteiger partial charge in [-0.2, -0.15) is 13.2 Å². The minimum absolute atomic E-state index is 0.130. The van der Waals surface area contributed by atoms with Gasteiger partial charge in [-0.3, -0.25) is 0 Å². The molecule has 0 radical (unpaired) electrons. The third kappa shape index (κ3) is 3.55. The zero-order valence-electron chi connectivity index (χ0n) is 11.4. The Balaban J connectivity index is 2.21. The molecule has 1 aliphatic heterocycles. The Morgan fingerprint density at radius 3 is 2.45 bits per heavy atom. The Bertz CT molecular complexity index is 470. The molecule has 0 atom stereocenters. The molecule has 0 amide bonds. The maximum atomic E-state index is 12.8. The number of aromatic nitrogens is 1. The summed E-state index contributed by atoms with van der Waals surface area (Å²) in [4.78, 5) is 8.02. The first-order valence-corrected chi connectivity index (χ1v) is 6.81. The largest absolute Gasteiger partial charge is 0.416 e. The van der Waals surface area contributed by atoms with Gasteiger partial charge in [0.05, 0.1) is 5.56 Å². The third-order valence-electron chi connectivity index (χ3n) is 3.71. The maximum Gasteiger partial charge on any atom is 0.416 e. The fourth-order valence-corrected chi connectivity index (χ4v) is 2.60. The summed E-state index contributed by atoms with van der Waals surface area (Å²) in [6.07, 6.45) is -2.60.